The lowest BCUT2D eigenvalue weighted by atomic mass is 10.0. The molecule has 1 heterocycles. The Bertz CT molecular complexity index is 849. The zero-order valence-electron chi connectivity index (χ0n) is 10.7. The number of benzene rings is 2. The summed E-state index contributed by atoms with van der Waals surface area (Å²) in [4.78, 5) is 13.9. The van der Waals surface area contributed by atoms with Crippen molar-refractivity contribution >= 4 is 27.8 Å². The second-order valence-corrected chi connectivity index (χ2v) is 4.79. The van der Waals surface area contributed by atoms with E-state index in [2.05, 4.69) is 4.98 Å². The summed E-state index contributed by atoms with van der Waals surface area (Å²) in [6, 6.07) is 8.44. The van der Waals surface area contributed by atoms with Crippen LogP contribution < -0.4 is 0 Å². The normalized spacial score (nSPS) is 12.1. The third-order valence-corrected chi connectivity index (χ3v) is 3.38. The van der Waals surface area contributed by atoms with Crippen LogP contribution >= 0.6 is 0 Å². The molecular weight excluding hydrogens is 283 g/mol. The molecule has 3 aromatic rings. The number of hydrogen-bond donors (Lipinski definition) is 2. The van der Waals surface area contributed by atoms with Crippen LogP contribution in [0.25, 0.3) is 21.8 Å². The fraction of sp³-hybridized carbons (Fsp3) is 0.133. The Labute approximate surface area is 117 Å². The number of hydrogen-bond acceptors (Lipinski definition) is 1. The highest BCUT2D eigenvalue weighted by molar-refractivity contribution is 6.09. The van der Waals surface area contributed by atoms with E-state index in [0.29, 0.717) is 27.4 Å². The number of aromatic nitrogens is 1. The predicted octanol–water partition coefficient (Wildman–Crippen LogP) is 3.97. The molecule has 0 saturated carbocycles. The maximum Gasteiger partial charge on any atom is 0.416 e. The minimum absolute atomic E-state index is 0.236. The summed E-state index contributed by atoms with van der Waals surface area (Å²) in [5, 5.41) is 9.84. The monoisotopic (exact) mass is 293 g/mol. The molecule has 0 aliphatic carbocycles. The maximum atomic E-state index is 12.8. The quantitative estimate of drug-likeness (QED) is 0.751. The van der Waals surface area contributed by atoms with Crippen LogP contribution in [0, 0.1) is 0 Å². The Morgan fingerprint density at radius 2 is 1.90 bits per heavy atom. The van der Waals surface area contributed by atoms with Crippen molar-refractivity contribution in [2.24, 2.45) is 0 Å². The molecule has 21 heavy (non-hydrogen) atoms. The number of aliphatic carboxylic acids is 1. The average Bonchev–Trinajstić information content (AvgIpc) is 2.75. The minimum Gasteiger partial charge on any atom is -0.481 e. The second-order valence-electron chi connectivity index (χ2n) is 4.79. The van der Waals surface area contributed by atoms with Gasteiger partial charge < -0.3 is 10.1 Å². The SMILES string of the molecule is O=C(O)Cc1cccc2[nH]c3ccc(C(F)(F)F)cc3c12. The number of nitrogens with one attached hydrogen (secondary N) is 1. The fourth-order valence-corrected chi connectivity index (χ4v) is 2.51. The molecule has 0 saturated heterocycles. The lowest BCUT2D eigenvalue weighted by Gasteiger charge is -2.06. The molecule has 0 bridgehead atoms. The van der Waals surface area contributed by atoms with Gasteiger partial charge in [-0.15, -0.1) is 0 Å². The van der Waals surface area contributed by atoms with Gasteiger partial charge in [-0.25, -0.2) is 0 Å². The first-order chi connectivity index (χ1) is 9.86. The lowest BCUT2D eigenvalue weighted by Crippen LogP contribution is -2.04. The van der Waals surface area contributed by atoms with E-state index in [-0.39, 0.29) is 6.42 Å². The topological polar surface area (TPSA) is 53.1 Å². The molecular formula is C15H10F3NO2. The van der Waals surface area contributed by atoms with Gasteiger partial charge in [0.15, 0.2) is 0 Å². The molecule has 1 aromatic heterocycles. The molecule has 0 fully saturated rings. The molecule has 0 spiro atoms. The number of aromatic amines is 1. The first-order valence-electron chi connectivity index (χ1n) is 6.18. The molecule has 2 N–H and O–H groups in total. The van der Waals surface area contributed by atoms with Gasteiger partial charge in [0, 0.05) is 21.8 Å². The number of alkyl halides is 3. The van der Waals surface area contributed by atoms with E-state index in [0.717, 1.165) is 12.1 Å². The smallest absolute Gasteiger partial charge is 0.416 e. The van der Waals surface area contributed by atoms with Crippen LogP contribution in [0.4, 0.5) is 13.2 Å². The van der Waals surface area contributed by atoms with Crippen LogP contribution in [0.2, 0.25) is 0 Å². The van der Waals surface area contributed by atoms with E-state index in [4.69, 9.17) is 5.11 Å². The van der Waals surface area contributed by atoms with Crippen molar-refractivity contribution in [3.05, 3.63) is 47.5 Å². The van der Waals surface area contributed by atoms with Crippen molar-refractivity contribution in [1.29, 1.82) is 0 Å². The van der Waals surface area contributed by atoms with Gasteiger partial charge in [-0.05, 0) is 29.8 Å². The first kappa shape index (κ1) is 13.5. The molecule has 0 amide bonds. The van der Waals surface area contributed by atoms with Gasteiger partial charge in [-0.3, -0.25) is 4.79 Å². The van der Waals surface area contributed by atoms with E-state index in [1.54, 1.807) is 18.2 Å². The van der Waals surface area contributed by atoms with Crippen LogP contribution in [-0.2, 0) is 17.4 Å². The average molecular weight is 293 g/mol. The number of carboxylic acids is 1. The summed E-state index contributed by atoms with van der Waals surface area (Å²) in [6.07, 6.45) is -4.67. The van der Waals surface area contributed by atoms with Gasteiger partial charge in [-0.1, -0.05) is 12.1 Å². The number of fused-ring (bicyclic) bond motifs is 3. The van der Waals surface area contributed by atoms with Crippen LogP contribution in [0.5, 0.6) is 0 Å². The van der Waals surface area contributed by atoms with Gasteiger partial charge in [0.2, 0.25) is 0 Å². The molecule has 0 radical (unpaired) electrons. The number of carboxylic acid groups (broad SMARTS) is 1. The summed E-state index contributed by atoms with van der Waals surface area (Å²) in [5.41, 5.74) is 0.922. The number of H-pyrrole nitrogens is 1. The number of halogens is 3. The highest BCUT2D eigenvalue weighted by atomic mass is 19.4. The summed E-state index contributed by atoms with van der Waals surface area (Å²) < 4.78 is 38.5. The minimum atomic E-state index is -4.43. The zero-order valence-corrected chi connectivity index (χ0v) is 10.7. The van der Waals surface area contributed by atoms with E-state index in [1.807, 2.05) is 0 Å². The van der Waals surface area contributed by atoms with Crippen molar-refractivity contribution in [2.75, 3.05) is 0 Å². The van der Waals surface area contributed by atoms with Crippen molar-refractivity contribution in [2.45, 2.75) is 12.6 Å². The van der Waals surface area contributed by atoms with Gasteiger partial charge in [-0.2, -0.15) is 13.2 Å². The second kappa shape index (κ2) is 4.51. The number of rotatable bonds is 2. The van der Waals surface area contributed by atoms with Crippen molar-refractivity contribution in [3.8, 4) is 0 Å². The van der Waals surface area contributed by atoms with Gasteiger partial charge >= 0.3 is 12.1 Å². The molecule has 0 atom stereocenters. The van der Waals surface area contributed by atoms with E-state index in [1.165, 1.54) is 6.07 Å². The van der Waals surface area contributed by atoms with Crippen LogP contribution in [0.1, 0.15) is 11.1 Å². The van der Waals surface area contributed by atoms with Gasteiger partial charge in [0.1, 0.15) is 0 Å². The Morgan fingerprint density at radius 1 is 1.14 bits per heavy atom. The zero-order chi connectivity index (χ0) is 15.2. The van der Waals surface area contributed by atoms with Gasteiger partial charge in [0.25, 0.3) is 0 Å². The third kappa shape index (κ3) is 2.33. The summed E-state index contributed by atoms with van der Waals surface area (Å²) in [7, 11) is 0. The van der Waals surface area contributed by atoms with E-state index in [9.17, 15) is 18.0 Å². The molecule has 0 aliphatic rings. The molecule has 3 rings (SSSR count). The molecule has 0 aliphatic heterocycles. The van der Waals surface area contributed by atoms with Crippen molar-refractivity contribution in [3.63, 3.8) is 0 Å². The summed E-state index contributed by atoms with van der Waals surface area (Å²) >= 11 is 0. The Kier molecular flexibility index (Phi) is 2.90. The van der Waals surface area contributed by atoms with Crippen molar-refractivity contribution < 1.29 is 23.1 Å². The van der Waals surface area contributed by atoms with E-state index >= 15 is 0 Å². The molecule has 2 aromatic carbocycles. The largest absolute Gasteiger partial charge is 0.481 e. The Balaban J connectivity index is 2.33. The summed E-state index contributed by atoms with van der Waals surface area (Å²) in [5.74, 6) is -1.02. The van der Waals surface area contributed by atoms with Crippen LogP contribution in [0.15, 0.2) is 36.4 Å². The first-order valence-corrected chi connectivity index (χ1v) is 6.18. The Morgan fingerprint density at radius 3 is 2.57 bits per heavy atom. The predicted molar refractivity (Wildman–Crippen MR) is 72.1 cm³/mol. The van der Waals surface area contributed by atoms with Gasteiger partial charge in [0.05, 0.1) is 12.0 Å². The molecule has 0 unspecified atom stereocenters. The van der Waals surface area contributed by atoms with Crippen LogP contribution in [-0.4, -0.2) is 16.1 Å². The van der Waals surface area contributed by atoms with Crippen molar-refractivity contribution in [1.82, 2.24) is 4.98 Å². The molecule has 3 nitrogen and oxygen atoms in total. The third-order valence-electron chi connectivity index (χ3n) is 3.38. The maximum absolute atomic E-state index is 12.8. The fourth-order valence-electron chi connectivity index (χ4n) is 2.51. The summed E-state index contributed by atoms with van der Waals surface area (Å²) in [6.45, 7) is 0. The lowest BCUT2D eigenvalue weighted by molar-refractivity contribution is -0.138. The van der Waals surface area contributed by atoms with Crippen LogP contribution in [0.3, 0.4) is 0 Å². The molecule has 6 heteroatoms. The van der Waals surface area contributed by atoms with E-state index < -0.39 is 17.7 Å². The molecule has 108 valence electrons. The standard InChI is InChI=1S/C15H10F3NO2/c16-15(17,18)9-4-5-11-10(7-9)14-8(6-13(20)21)2-1-3-12(14)19-11/h1-5,7,19H,6H2,(H,20,21). The number of carbonyl (C=O) groups is 1. The highest BCUT2D eigenvalue weighted by Crippen LogP contribution is 2.35. The Hall–Kier alpha value is -2.50. The highest BCUT2D eigenvalue weighted by Gasteiger charge is 2.30.